The van der Waals surface area contributed by atoms with Gasteiger partial charge in [0.25, 0.3) is 0 Å². The first kappa shape index (κ1) is 27.7. The van der Waals surface area contributed by atoms with Crippen molar-refractivity contribution in [3.8, 4) is 17.4 Å². The predicted octanol–water partition coefficient (Wildman–Crippen LogP) is 8.60. The number of aliphatic imine (C=N–C) groups is 1. The Morgan fingerprint density at radius 3 is 2.67 bits per heavy atom. The van der Waals surface area contributed by atoms with Gasteiger partial charge in [-0.15, -0.1) is 0 Å². The molecule has 2 aliphatic rings. The molecule has 2 aromatic heterocycles. The molecule has 4 aromatic carbocycles. The maximum absolute atomic E-state index is 10.5. The van der Waals surface area contributed by atoms with E-state index < -0.39 is 0 Å². The van der Waals surface area contributed by atoms with Crippen LogP contribution in [-0.2, 0) is 32.2 Å². The van der Waals surface area contributed by atoms with Gasteiger partial charge in [0.1, 0.15) is 34.9 Å². The topological polar surface area (TPSA) is 77.1 Å². The average Bonchev–Trinajstić information content (AvgIpc) is 3.57. The zero-order valence-corrected chi connectivity index (χ0v) is 26.2. The van der Waals surface area contributed by atoms with Gasteiger partial charge in [-0.25, -0.2) is 4.98 Å². The van der Waals surface area contributed by atoms with Gasteiger partial charge in [-0.3, -0.25) is 4.99 Å². The molecule has 0 radical (unpaired) electrons. The van der Waals surface area contributed by atoms with Crippen molar-refractivity contribution in [3.63, 3.8) is 0 Å². The van der Waals surface area contributed by atoms with E-state index in [0.717, 1.165) is 40.1 Å². The predicted molar refractivity (Wildman–Crippen MR) is 163 cm³/mol. The van der Waals surface area contributed by atoms with Crippen molar-refractivity contribution in [1.29, 1.82) is 0 Å². The third-order valence-electron chi connectivity index (χ3n) is 8.67. The SMILES string of the molecule is Cc1cc(O)c2nc(Oc3[c-]c(C4=N[C@H]5c6ccccc6CCC(C)(C)[C@@H]5O4)c4oc5ccccc5c4c3)ccc2c1.[Pt]. The first-order valence-electron chi connectivity index (χ1n) is 14.3. The summed E-state index contributed by atoms with van der Waals surface area (Å²) < 4.78 is 19.4. The number of aromatic nitrogens is 1. The fourth-order valence-electron chi connectivity index (χ4n) is 6.46. The molecule has 1 N–H and O–H groups in total. The number of aryl methyl sites for hydroxylation is 2. The number of pyridine rings is 1. The van der Waals surface area contributed by atoms with Crippen molar-refractivity contribution in [2.75, 3.05) is 0 Å². The molecule has 43 heavy (non-hydrogen) atoms. The van der Waals surface area contributed by atoms with Crippen LogP contribution in [0.5, 0.6) is 17.4 Å². The molecule has 0 bridgehead atoms. The third-order valence-corrected chi connectivity index (χ3v) is 8.67. The Kier molecular flexibility index (Phi) is 6.59. The summed E-state index contributed by atoms with van der Waals surface area (Å²) in [7, 11) is 0. The first-order chi connectivity index (χ1) is 20.3. The molecule has 0 saturated carbocycles. The molecule has 1 aliphatic carbocycles. The number of hydrogen-bond acceptors (Lipinski definition) is 6. The number of aromatic hydroxyl groups is 1. The summed E-state index contributed by atoms with van der Waals surface area (Å²) >= 11 is 0. The van der Waals surface area contributed by atoms with Crippen molar-refractivity contribution in [2.45, 2.75) is 45.8 Å². The zero-order valence-electron chi connectivity index (χ0n) is 24.0. The van der Waals surface area contributed by atoms with Crippen LogP contribution in [0.2, 0.25) is 0 Å². The number of ether oxygens (including phenoxy) is 2. The van der Waals surface area contributed by atoms with Crippen molar-refractivity contribution >= 4 is 38.7 Å². The quantitative estimate of drug-likeness (QED) is 0.184. The maximum atomic E-state index is 10.5. The number of phenols is 1. The molecular weight excluding hydrogens is 719 g/mol. The second-order valence-corrected chi connectivity index (χ2v) is 12.1. The summed E-state index contributed by atoms with van der Waals surface area (Å²) in [5.74, 6) is 1.43. The normalized spacial score (nSPS) is 18.8. The van der Waals surface area contributed by atoms with Gasteiger partial charge >= 0.3 is 0 Å². The van der Waals surface area contributed by atoms with Crippen molar-refractivity contribution in [3.05, 3.63) is 107 Å². The van der Waals surface area contributed by atoms with Gasteiger partial charge in [0.05, 0.1) is 5.58 Å². The molecule has 0 amide bonds. The molecule has 0 saturated heterocycles. The van der Waals surface area contributed by atoms with Crippen LogP contribution in [0.1, 0.15) is 48.6 Å². The molecule has 0 spiro atoms. The standard InChI is InChI=1S/C36H29N2O4.Pt/c1-20-16-22-12-13-30(37-31(22)28(39)17-20)40-23-18-26-25-10-6-7-11-29(25)41-33(26)27(19-23)35-38-32-24-9-5-4-8-21(24)14-15-36(2,3)34(32)42-35;/h4-13,16-18,32,34,39H,14-15H2,1-3H3;/q-1;/t32-,34+;/m0./s1. The Hall–Kier alpha value is -4.15. The second-order valence-electron chi connectivity index (χ2n) is 12.1. The number of fused-ring (bicyclic) bond motifs is 7. The van der Waals surface area contributed by atoms with E-state index in [1.54, 1.807) is 12.1 Å². The molecule has 3 heterocycles. The Morgan fingerprint density at radius 2 is 1.79 bits per heavy atom. The van der Waals surface area contributed by atoms with Crippen LogP contribution in [0.3, 0.4) is 0 Å². The summed E-state index contributed by atoms with van der Waals surface area (Å²) in [6, 6.07) is 29.1. The van der Waals surface area contributed by atoms with E-state index in [2.05, 4.69) is 49.2 Å². The van der Waals surface area contributed by atoms with Crippen molar-refractivity contribution < 1.29 is 40.1 Å². The van der Waals surface area contributed by atoms with Crippen LogP contribution in [0.25, 0.3) is 32.8 Å². The minimum atomic E-state index is -0.125. The van der Waals surface area contributed by atoms with Crippen molar-refractivity contribution in [1.82, 2.24) is 4.98 Å². The smallest absolute Gasteiger partial charge is 0.217 e. The molecule has 8 rings (SSSR count). The van der Waals surface area contributed by atoms with E-state index in [4.69, 9.17) is 18.9 Å². The van der Waals surface area contributed by atoms with Gasteiger partial charge in [0.15, 0.2) is 0 Å². The third kappa shape index (κ3) is 4.60. The van der Waals surface area contributed by atoms with E-state index in [0.29, 0.717) is 34.2 Å². The number of phenolic OH excluding ortho intramolecular Hbond substituents is 1. The molecule has 2 atom stereocenters. The van der Waals surface area contributed by atoms with Gasteiger partial charge in [-0.05, 0) is 66.3 Å². The van der Waals surface area contributed by atoms with Crippen LogP contribution in [0.4, 0.5) is 0 Å². The summed E-state index contributed by atoms with van der Waals surface area (Å²) in [5.41, 5.74) is 5.94. The van der Waals surface area contributed by atoms with E-state index in [-0.39, 0.29) is 44.4 Å². The Balaban J connectivity index is 0.00000300. The molecule has 218 valence electrons. The van der Waals surface area contributed by atoms with Gasteiger partial charge in [-0.1, -0.05) is 73.8 Å². The maximum Gasteiger partial charge on any atom is 0.217 e. The van der Waals surface area contributed by atoms with Gasteiger partial charge in [0.2, 0.25) is 5.88 Å². The van der Waals surface area contributed by atoms with E-state index >= 15 is 0 Å². The van der Waals surface area contributed by atoms with Crippen LogP contribution in [-0.4, -0.2) is 22.1 Å². The molecule has 6 nitrogen and oxygen atoms in total. The molecule has 0 fully saturated rings. The average molecular weight is 749 g/mol. The number of hydrogen-bond donors (Lipinski definition) is 1. The van der Waals surface area contributed by atoms with Gasteiger partial charge < -0.3 is 19.0 Å². The number of nitrogens with zero attached hydrogens (tertiary/aromatic N) is 2. The minimum Gasteiger partial charge on any atom is -0.514 e. The fraction of sp³-hybridized carbons (Fsp3) is 0.222. The summed E-state index contributed by atoms with van der Waals surface area (Å²) in [4.78, 5) is 9.81. The molecule has 1 aliphatic heterocycles. The largest absolute Gasteiger partial charge is 0.514 e. The van der Waals surface area contributed by atoms with E-state index in [1.807, 2.05) is 49.4 Å². The number of rotatable bonds is 3. The second kappa shape index (κ2) is 10.2. The summed E-state index contributed by atoms with van der Waals surface area (Å²) in [6.45, 7) is 6.46. The number of benzene rings is 4. The van der Waals surface area contributed by atoms with Crippen LogP contribution < -0.4 is 4.74 Å². The van der Waals surface area contributed by atoms with Crippen LogP contribution in [0.15, 0.2) is 88.3 Å². The Morgan fingerprint density at radius 1 is 0.977 bits per heavy atom. The van der Waals surface area contributed by atoms with Gasteiger partial charge in [-0.2, -0.15) is 0 Å². The molecular formula is C36H29N2O4Pt-. The Labute approximate surface area is 263 Å². The molecule has 6 aromatic rings. The Bertz CT molecular complexity index is 2080. The van der Waals surface area contributed by atoms with E-state index in [1.165, 1.54) is 11.1 Å². The molecule has 7 heteroatoms. The van der Waals surface area contributed by atoms with Gasteiger partial charge in [0, 0.05) is 49.1 Å². The fourth-order valence-corrected chi connectivity index (χ4v) is 6.46. The van der Waals surface area contributed by atoms with Crippen LogP contribution in [0, 0.1) is 18.4 Å². The van der Waals surface area contributed by atoms with Crippen molar-refractivity contribution in [2.24, 2.45) is 10.4 Å². The first-order valence-corrected chi connectivity index (χ1v) is 14.3. The molecule has 0 unspecified atom stereocenters. The minimum absolute atomic E-state index is 0. The zero-order chi connectivity index (χ0) is 28.6. The summed E-state index contributed by atoms with van der Waals surface area (Å²) in [5, 5.41) is 13.2. The number of furan rings is 1. The monoisotopic (exact) mass is 748 g/mol. The summed E-state index contributed by atoms with van der Waals surface area (Å²) in [6.07, 6.45) is 1.88. The van der Waals surface area contributed by atoms with Crippen LogP contribution >= 0.6 is 0 Å². The number of para-hydroxylation sites is 1. The van der Waals surface area contributed by atoms with E-state index in [9.17, 15) is 5.11 Å².